The van der Waals surface area contributed by atoms with Crippen LogP contribution in [0.25, 0.3) is 0 Å². The van der Waals surface area contributed by atoms with Crippen LogP contribution < -0.4 is 5.32 Å². The largest absolute Gasteiger partial charge is 0.394 e. The second-order valence-corrected chi connectivity index (χ2v) is 9.12. The van der Waals surface area contributed by atoms with Crippen LogP contribution in [0, 0.1) is 5.92 Å². The fourth-order valence-electron chi connectivity index (χ4n) is 4.67. The van der Waals surface area contributed by atoms with Gasteiger partial charge in [0.15, 0.2) is 6.29 Å². The minimum Gasteiger partial charge on any atom is -0.394 e. The third-order valence-electron chi connectivity index (χ3n) is 6.88. The summed E-state index contributed by atoms with van der Waals surface area (Å²) >= 11 is 0. The monoisotopic (exact) mass is 497 g/mol. The van der Waals surface area contributed by atoms with Crippen LogP contribution in [0.15, 0.2) is 11.6 Å². The Morgan fingerprint density at radius 2 is 1.44 bits per heavy atom. The number of hydrogen-bond donors (Lipinski definition) is 12. The Morgan fingerprint density at radius 3 is 2.06 bits per heavy atom. The number of rotatable bonds is 7. The molecule has 1 saturated heterocycles. The van der Waals surface area contributed by atoms with Crippen molar-refractivity contribution < 1.29 is 65.6 Å². The molecule has 0 aromatic rings. The van der Waals surface area contributed by atoms with E-state index in [0.717, 1.165) is 0 Å². The topological polar surface area (TPSA) is 253 Å². The maximum Gasteiger partial charge on any atom is 0.186 e. The molecule has 0 aromatic carbocycles. The number of hydrogen-bond acceptors (Lipinski definition) is 14. The molecule has 0 spiro atoms. The van der Waals surface area contributed by atoms with Gasteiger partial charge in [0.25, 0.3) is 0 Å². The van der Waals surface area contributed by atoms with Crippen LogP contribution in [0.5, 0.6) is 0 Å². The fourth-order valence-corrected chi connectivity index (χ4v) is 4.67. The summed E-state index contributed by atoms with van der Waals surface area (Å²) in [5.74, 6) is -0.833. The highest BCUT2D eigenvalue weighted by Gasteiger charge is 2.47. The van der Waals surface area contributed by atoms with Gasteiger partial charge in [-0.3, -0.25) is 0 Å². The summed E-state index contributed by atoms with van der Waals surface area (Å²) in [5, 5.41) is 113. The summed E-state index contributed by atoms with van der Waals surface area (Å²) in [7, 11) is 0. The summed E-state index contributed by atoms with van der Waals surface area (Å²) in [6, 6.07) is -1.94. The molecule has 3 rings (SSSR count). The molecule has 14 atom stereocenters. The van der Waals surface area contributed by atoms with Crippen molar-refractivity contribution in [1.82, 2.24) is 5.32 Å². The van der Waals surface area contributed by atoms with Crippen molar-refractivity contribution in [2.24, 2.45) is 5.92 Å². The smallest absolute Gasteiger partial charge is 0.186 e. The first-order valence-corrected chi connectivity index (χ1v) is 11.1. The molecule has 34 heavy (non-hydrogen) atoms. The van der Waals surface area contributed by atoms with Crippen LogP contribution >= 0.6 is 0 Å². The Bertz CT molecular complexity index is 695. The summed E-state index contributed by atoms with van der Waals surface area (Å²) < 4.78 is 10.7. The first-order valence-electron chi connectivity index (χ1n) is 11.1. The van der Waals surface area contributed by atoms with Gasteiger partial charge in [-0.15, -0.1) is 0 Å². The van der Waals surface area contributed by atoms with Gasteiger partial charge in [0, 0.05) is 12.0 Å². The summed E-state index contributed by atoms with van der Waals surface area (Å²) in [4.78, 5) is 0. The molecular weight excluding hydrogens is 462 g/mol. The van der Waals surface area contributed by atoms with E-state index in [1.165, 1.54) is 6.08 Å². The number of ether oxygens (including phenoxy) is 2. The zero-order chi connectivity index (χ0) is 25.3. The number of aliphatic hydroxyl groups excluding tert-OH is 11. The molecule has 14 heteroatoms. The average Bonchev–Trinajstić information content (AvgIpc) is 2.83. The SMILES string of the molecule is OCC1=C[C@@H](N[C@@H]2C[C@@H](CO[C@@H]3O[C@H](CO)[C@@H](O)[C@H](O)[C@H]3O)[C@H](O)[C@@H](O)[C@H]2O)[C@H](O)[C@H](O)[C@H]1O. The quantitative estimate of drug-likeness (QED) is 0.146. The molecule has 0 radical (unpaired) electrons. The van der Waals surface area contributed by atoms with E-state index in [2.05, 4.69) is 5.32 Å². The van der Waals surface area contributed by atoms with Crippen molar-refractivity contribution in [1.29, 1.82) is 0 Å². The van der Waals surface area contributed by atoms with Crippen molar-refractivity contribution in [3.8, 4) is 0 Å². The van der Waals surface area contributed by atoms with Gasteiger partial charge in [0.05, 0.1) is 38.1 Å². The lowest BCUT2D eigenvalue weighted by molar-refractivity contribution is -0.306. The van der Waals surface area contributed by atoms with E-state index in [4.69, 9.17) is 9.47 Å². The summed E-state index contributed by atoms with van der Waals surface area (Å²) in [6.45, 7) is -1.55. The van der Waals surface area contributed by atoms with Crippen molar-refractivity contribution in [2.75, 3.05) is 19.8 Å². The first kappa shape index (κ1) is 27.8. The second kappa shape index (κ2) is 11.5. The molecule has 0 aromatic heterocycles. The van der Waals surface area contributed by atoms with E-state index < -0.39 is 98.5 Å². The van der Waals surface area contributed by atoms with Gasteiger partial charge in [-0.1, -0.05) is 6.08 Å². The zero-order valence-electron chi connectivity index (χ0n) is 18.2. The molecule has 198 valence electrons. The molecule has 2 fully saturated rings. The lowest BCUT2D eigenvalue weighted by Crippen LogP contribution is -2.64. The van der Waals surface area contributed by atoms with E-state index in [-0.39, 0.29) is 18.6 Å². The molecule has 0 bridgehead atoms. The van der Waals surface area contributed by atoms with E-state index in [1.54, 1.807) is 0 Å². The van der Waals surface area contributed by atoms with Gasteiger partial charge < -0.3 is 71.0 Å². The van der Waals surface area contributed by atoms with Gasteiger partial charge in [0.2, 0.25) is 0 Å². The van der Waals surface area contributed by atoms with E-state index in [0.29, 0.717) is 0 Å². The third kappa shape index (κ3) is 5.45. The van der Waals surface area contributed by atoms with Crippen LogP contribution in [0.4, 0.5) is 0 Å². The first-order chi connectivity index (χ1) is 16.0. The Kier molecular flexibility index (Phi) is 9.38. The highest BCUT2D eigenvalue weighted by atomic mass is 16.7. The normalized spacial score (nSPS) is 50.1. The van der Waals surface area contributed by atoms with Gasteiger partial charge >= 0.3 is 0 Å². The van der Waals surface area contributed by atoms with Gasteiger partial charge in [0.1, 0.15) is 48.8 Å². The molecule has 1 heterocycles. The van der Waals surface area contributed by atoms with Crippen LogP contribution in [0.1, 0.15) is 6.42 Å². The molecule has 0 amide bonds. The van der Waals surface area contributed by atoms with Crippen LogP contribution in [-0.4, -0.2) is 155 Å². The zero-order valence-corrected chi connectivity index (χ0v) is 18.2. The molecule has 12 N–H and O–H groups in total. The Morgan fingerprint density at radius 1 is 0.794 bits per heavy atom. The van der Waals surface area contributed by atoms with Crippen molar-refractivity contribution in [2.45, 2.75) is 85.8 Å². The number of aliphatic hydroxyl groups is 11. The van der Waals surface area contributed by atoms with Gasteiger partial charge in [-0.2, -0.15) is 0 Å². The van der Waals surface area contributed by atoms with Crippen LogP contribution in [0.2, 0.25) is 0 Å². The van der Waals surface area contributed by atoms with Crippen molar-refractivity contribution in [3.05, 3.63) is 11.6 Å². The average molecular weight is 497 g/mol. The lowest BCUT2D eigenvalue weighted by Gasteiger charge is -2.44. The van der Waals surface area contributed by atoms with Crippen LogP contribution in [-0.2, 0) is 9.47 Å². The van der Waals surface area contributed by atoms with Crippen molar-refractivity contribution in [3.63, 3.8) is 0 Å². The maximum atomic E-state index is 10.4. The predicted molar refractivity (Wildman–Crippen MR) is 110 cm³/mol. The highest BCUT2D eigenvalue weighted by Crippen LogP contribution is 2.30. The Balaban J connectivity index is 1.67. The Hall–Kier alpha value is -0.820. The molecule has 1 aliphatic heterocycles. The fraction of sp³-hybridized carbons (Fsp3) is 0.900. The van der Waals surface area contributed by atoms with Gasteiger partial charge in [-0.05, 0) is 12.0 Å². The summed E-state index contributed by atoms with van der Waals surface area (Å²) in [5.41, 5.74) is 0.0590. The summed E-state index contributed by atoms with van der Waals surface area (Å²) in [6.07, 6.45) is -15.4. The molecular formula is C20H35NO13. The van der Waals surface area contributed by atoms with E-state index in [1.807, 2.05) is 0 Å². The highest BCUT2D eigenvalue weighted by molar-refractivity contribution is 5.22. The minimum atomic E-state index is -1.66. The van der Waals surface area contributed by atoms with Crippen molar-refractivity contribution >= 4 is 0 Å². The van der Waals surface area contributed by atoms with Gasteiger partial charge in [-0.25, -0.2) is 0 Å². The maximum absolute atomic E-state index is 10.4. The third-order valence-corrected chi connectivity index (χ3v) is 6.88. The lowest BCUT2D eigenvalue weighted by atomic mass is 9.78. The molecule has 0 unspecified atom stereocenters. The predicted octanol–water partition coefficient (Wildman–Crippen LogP) is -6.75. The van der Waals surface area contributed by atoms with Crippen LogP contribution in [0.3, 0.4) is 0 Å². The standard InChI is InChI=1S/C20H35NO13/c22-3-6-1-8(13(26)16(29)11(6)24)21-9-2-7(12(25)17(30)14(9)27)5-33-20-19(32)18(31)15(28)10(4-23)34-20/h1,7-32H,2-5H2/t7-,8+,9+,10+,11-,12-,13-,14-,15+,16+,17+,18-,19+,20+/m0/s1. The second-order valence-electron chi connectivity index (χ2n) is 9.12. The minimum absolute atomic E-state index is 0.0129. The molecule has 1 saturated carbocycles. The number of nitrogens with one attached hydrogen (secondary N) is 1. The van der Waals surface area contributed by atoms with E-state index in [9.17, 15) is 56.2 Å². The molecule has 14 nitrogen and oxygen atoms in total. The molecule has 3 aliphatic rings. The van der Waals surface area contributed by atoms with E-state index >= 15 is 0 Å². The molecule has 2 aliphatic carbocycles. The Labute approximate surface area is 194 Å².